The van der Waals surface area contributed by atoms with E-state index in [1.54, 1.807) is 13.8 Å². The minimum Gasteiger partial charge on any atom is -0.466 e. The van der Waals surface area contributed by atoms with Crippen molar-refractivity contribution in [2.24, 2.45) is 11.8 Å². The van der Waals surface area contributed by atoms with E-state index in [4.69, 9.17) is 30.1 Å². The molecule has 2 saturated carbocycles. The van der Waals surface area contributed by atoms with Crippen LogP contribution in [0.5, 0.6) is 0 Å². The Labute approximate surface area is 255 Å². The van der Waals surface area contributed by atoms with Crippen molar-refractivity contribution in [1.29, 1.82) is 0 Å². The molecule has 0 bridgehead atoms. The Morgan fingerprint density at radius 1 is 0.780 bits per heavy atom. The molecule has 0 saturated heterocycles. The van der Waals surface area contributed by atoms with Crippen molar-refractivity contribution >= 4 is 38.7 Å². The first kappa shape index (κ1) is 40.4. The van der Waals surface area contributed by atoms with Gasteiger partial charge in [0.15, 0.2) is 15.7 Å². The van der Waals surface area contributed by atoms with Gasteiger partial charge in [0.1, 0.15) is 12.3 Å². The van der Waals surface area contributed by atoms with Crippen LogP contribution in [0.1, 0.15) is 93.9 Å². The molecule has 0 amide bonds. The summed E-state index contributed by atoms with van der Waals surface area (Å²) in [6.07, 6.45) is -1.11. The van der Waals surface area contributed by atoms with Gasteiger partial charge in [0, 0.05) is 0 Å². The lowest BCUT2D eigenvalue weighted by molar-refractivity contribution is -0.152. The van der Waals surface area contributed by atoms with E-state index in [0.29, 0.717) is 43.9 Å². The van der Waals surface area contributed by atoms with Crippen LogP contribution >= 0.6 is 11.1 Å². The molecule has 0 aromatic heterocycles. The van der Waals surface area contributed by atoms with Crippen LogP contribution in [0, 0.1) is 11.8 Å². The third kappa shape index (κ3) is 14.2. The van der Waals surface area contributed by atoms with Gasteiger partial charge < -0.3 is 19.0 Å². The number of alkyl halides is 2. The molecular formula is C30H59ClF2O6Si2. The minimum absolute atomic E-state index is 0.0741. The Morgan fingerprint density at radius 3 is 1.49 bits per heavy atom. The van der Waals surface area contributed by atoms with Crippen LogP contribution < -0.4 is 0 Å². The van der Waals surface area contributed by atoms with Crippen LogP contribution in [-0.2, 0) is 23.5 Å². The lowest BCUT2D eigenvalue weighted by atomic mass is 9.86. The SMILES string of the molecule is CC(C)(C)[Si](C)(C)Cl.CCOC(=O)[C@@H]1CC[C@H](O)[C@@H](F)C1.CCOC(=O)[C@@H]1CC[C@H](O[Si](C)(C)C(C)(C)C)[C@@H](F)C1. The van der Waals surface area contributed by atoms with Crippen LogP contribution in [0.15, 0.2) is 0 Å². The van der Waals surface area contributed by atoms with Crippen molar-refractivity contribution in [1.82, 2.24) is 0 Å². The number of hydrogen-bond acceptors (Lipinski definition) is 6. The van der Waals surface area contributed by atoms with Crippen LogP contribution in [0.25, 0.3) is 0 Å². The van der Waals surface area contributed by atoms with Gasteiger partial charge in [-0.3, -0.25) is 9.59 Å². The molecule has 0 aliphatic heterocycles. The highest BCUT2D eigenvalue weighted by atomic mass is 35.6. The number of carbonyl (C=O) groups excluding carboxylic acids is 2. The summed E-state index contributed by atoms with van der Waals surface area (Å²) in [6.45, 7) is 25.9. The lowest BCUT2D eigenvalue weighted by Gasteiger charge is -2.42. The second kappa shape index (κ2) is 17.1. The molecule has 2 fully saturated rings. The summed E-state index contributed by atoms with van der Waals surface area (Å²) in [5.74, 6) is -1.26. The second-order valence-corrected chi connectivity index (χ2v) is 26.3. The predicted octanol–water partition coefficient (Wildman–Crippen LogP) is 8.36. The fourth-order valence-electron chi connectivity index (χ4n) is 3.82. The van der Waals surface area contributed by atoms with E-state index in [1.807, 2.05) is 0 Å². The fraction of sp³-hybridized carbons (Fsp3) is 0.933. The molecule has 2 rings (SSSR count). The Balaban J connectivity index is 0.000000652. The summed E-state index contributed by atoms with van der Waals surface area (Å²) in [7, 11) is -3.34. The predicted molar refractivity (Wildman–Crippen MR) is 169 cm³/mol. The standard InChI is InChI=1S/C15H29FO3Si.C9H15FO3.C6H15ClSi/c1-7-18-14(17)11-8-9-13(12(16)10-11)19-20(5,6)15(2,3)4;1-2-13-9(12)6-3-4-8(11)7(10)5-6;1-6(2,3)8(4,5)7/h11-13H,7-10H2,1-6H3;6-8,11H,2-5H2,1H3;1-5H3/t11-,12+,13+;6-,7+,8+;/m11./s1. The zero-order valence-electron chi connectivity index (χ0n) is 27.7. The van der Waals surface area contributed by atoms with Crippen molar-refractivity contribution in [3.63, 3.8) is 0 Å². The molecule has 41 heavy (non-hydrogen) atoms. The molecule has 0 radical (unpaired) electrons. The molecule has 0 aromatic carbocycles. The summed E-state index contributed by atoms with van der Waals surface area (Å²) >= 11 is 6.15. The highest BCUT2D eigenvalue weighted by molar-refractivity contribution is 7.20. The average molecular weight is 645 g/mol. The van der Waals surface area contributed by atoms with Gasteiger partial charge in [-0.2, -0.15) is 11.1 Å². The van der Waals surface area contributed by atoms with Gasteiger partial charge in [0.2, 0.25) is 0 Å². The normalized spacial score (nSPS) is 27.4. The van der Waals surface area contributed by atoms with E-state index >= 15 is 0 Å². The monoisotopic (exact) mass is 644 g/mol. The van der Waals surface area contributed by atoms with Crippen LogP contribution in [-0.4, -0.2) is 70.5 Å². The van der Waals surface area contributed by atoms with E-state index < -0.39 is 34.1 Å². The van der Waals surface area contributed by atoms with E-state index in [2.05, 4.69) is 67.7 Å². The number of aliphatic hydroxyl groups excluding tert-OH is 1. The molecule has 0 aromatic rings. The number of halogens is 3. The van der Waals surface area contributed by atoms with Crippen molar-refractivity contribution in [2.45, 2.75) is 155 Å². The quantitative estimate of drug-likeness (QED) is 0.178. The third-order valence-electron chi connectivity index (χ3n) is 8.73. The first-order chi connectivity index (χ1) is 18.5. The first-order valence-electron chi connectivity index (χ1n) is 15.1. The Bertz CT molecular complexity index is 783. The molecule has 11 heteroatoms. The lowest BCUT2D eigenvalue weighted by Crippen LogP contribution is -2.48. The van der Waals surface area contributed by atoms with E-state index in [-0.39, 0.29) is 47.8 Å². The summed E-state index contributed by atoms with van der Waals surface area (Å²) in [5.41, 5.74) is 0. The van der Waals surface area contributed by atoms with Crippen LogP contribution in [0.3, 0.4) is 0 Å². The molecular weight excluding hydrogens is 586 g/mol. The zero-order chi connectivity index (χ0) is 32.4. The van der Waals surface area contributed by atoms with E-state index in [0.717, 1.165) is 0 Å². The summed E-state index contributed by atoms with van der Waals surface area (Å²) < 4.78 is 43.2. The summed E-state index contributed by atoms with van der Waals surface area (Å²) in [6, 6.07) is 0. The molecule has 2 aliphatic carbocycles. The molecule has 0 heterocycles. The zero-order valence-corrected chi connectivity index (χ0v) is 30.5. The van der Waals surface area contributed by atoms with Crippen molar-refractivity contribution in [2.75, 3.05) is 13.2 Å². The molecule has 2 aliphatic rings. The number of rotatable bonds is 6. The highest BCUT2D eigenvalue weighted by Gasteiger charge is 2.43. The van der Waals surface area contributed by atoms with Gasteiger partial charge in [-0.15, -0.1) is 0 Å². The molecule has 244 valence electrons. The van der Waals surface area contributed by atoms with Gasteiger partial charge in [-0.1, -0.05) is 54.6 Å². The van der Waals surface area contributed by atoms with E-state index in [1.165, 1.54) is 0 Å². The first-order valence-corrected chi connectivity index (χ1v) is 22.1. The number of esters is 2. The molecule has 6 nitrogen and oxygen atoms in total. The molecule has 0 spiro atoms. The van der Waals surface area contributed by atoms with Crippen molar-refractivity contribution in [3.8, 4) is 0 Å². The maximum atomic E-state index is 14.3. The average Bonchev–Trinajstić information content (AvgIpc) is 2.81. The Kier molecular flexibility index (Phi) is 16.8. The summed E-state index contributed by atoms with van der Waals surface area (Å²) in [4.78, 5) is 22.9. The molecule has 6 atom stereocenters. The Morgan fingerprint density at radius 2 is 1.17 bits per heavy atom. The number of carbonyl (C=O) groups is 2. The Hall–Kier alpha value is -0.556. The largest absolute Gasteiger partial charge is 0.466 e. The van der Waals surface area contributed by atoms with Gasteiger partial charge in [-0.25, -0.2) is 8.78 Å². The fourth-order valence-corrected chi connectivity index (χ4v) is 5.20. The topological polar surface area (TPSA) is 82.1 Å². The van der Waals surface area contributed by atoms with Crippen molar-refractivity contribution in [3.05, 3.63) is 0 Å². The van der Waals surface area contributed by atoms with Crippen molar-refractivity contribution < 1.29 is 37.4 Å². The van der Waals surface area contributed by atoms with Crippen LogP contribution in [0.4, 0.5) is 8.78 Å². The van der Waals surface area contributed by atoms with Gasteiger partial charge in [0.05, 0.1) is 37.3 Å². The maximum Gasteiger partial charge on any atom is 0.309 e. The van der Waals surface area contributed by atoms with E-state index in [9.17, 15) is 18.4 Å². The molecule has 1 N–H and O–H groups in total. The number of ether oxygens (including phenoxy) is 2. The highest BCUT2D eigenvalue weighted by Crippen LogP contribution is 2.40. The second-order valence-electron chi connectivity index (χ2n) is 14.3. The maximum absolute atomic E-state index is 14.3. The van der Waals surface area contributed by atoms with Gasteiger partial charge >= 0.3 is 11.9 Å². The van der Waals surface area contributed by atoms with Gasteiger partial charge in [-0.05, 0) is 75.5 Å². The van der Waals surface area contributed by atoms with Gasteiger partial charge in [0.25, 0.3) is 0 Å². The third-order valence-corrected chi connectivity index (χ3v) is 18.5. The number of aliphatic hydroxyl groups is 1. The molecule has 0 unspecified atom stereocenters. The smallest absolute Gasteiger partial charge is 0.309 e. The van der Waals surface area contributed by atoms with Crippen LogP contribution in [0.2, 0.25) is 36.3 Å². The summed E-state index contributed by atoms with van der Waals surface area (Å²) in [5, 5.41) is 9.50. The minimum atomic E-state index is -1.95. The number of hydrogen-bond donors (Lipinski definition) is 1.